The van der Waals surface area contributed by atoms with Crippen molar-refractivity contribution >= 4 is 32.7 Å². The summed E-state index contributed by atoms with van der Waals surface area (Å²) in [6, 6.07) is 4.63. The molecule has 1 heterocycles. The van der Waals surface area contributed by atoms with Crippen molar-refractivity contribution in [3.05, 3.63) is 23.8 Å². The largest absolute Gasteiger partial charge is 0.480 e. The number of nitrogens with zero attached hydrogens (tertiary/aromatic N) is 1. The first-order chi connectivity index (χ1) is 7.61. The normalized spacial score (nSPS) is 12.8. The number of rotatable bonds is 3. The van der Waals surface area contributed by atoms with Crippen molar-refractivity contribution in [1.29, 1.82) is 0 Å². The Morgan fingerprint density at radius 3 is 3.00 bits per heavy atom. The smallest absolute Gasteiger partial charge is 0.325 e. The van der Waals surface area contributed by atoms with E-state index in [0.717, 1.165) is 10.2 Å². The SMILES string of the molecule is CNC(C(=O)O)c1ccc2nc(N)sc2c1. The average Bonchev–Trinajstić information content (AvgIpc) is 2.57. The van der Waals surface area contributed by atoms with Gasteiger partial charge in [0.25, 0.3) is 0 Å². The fraction of sp³-hybridized carbons (Fsp3) is 0.200. The van der Waals surface area contributed by atoms with Gasteiger partial charge >= 0.3 is 5.97 Å². The standard InChI is InChI=1S/C10H11N3O2S/c1-12-8(9(14)15)5-2-3-6-7(4-5)16-10(11)13-6/h2-4,8,12H,1H3,(H2,11,13)(H,14,15). The number of benzene rings is 1. The lowest BCUT2D eigenvalue weighted by atomic mass is 10.1. The lowest BCUT2D eigenvalue weighted by Crippen LogP contribution is -2.24. The Morgan fingerprint density at radius 1 is 1.62 bits per heavy atom. The Morgan fingerprint density at radius 2 is 2.38 bits per heavy atom. The van der Waals surface area contributed by atoms with Gasteiger partial charge in [-0.05, 0) is 24.7 Å². The molecule has 0 aliphatic carbocycles. The highest BCUT2D eigenvalue weighted by atomic mass is 32.1. The summed E-state index contributed by atoms with van der Waals surface area (Å²) in [7, 11) is 1.62. The van der Waals surface area contributed by atoms with Crippen molar-refractivity contribution in [2.45, 2.75) is 6.04 Å². The lowest BCUT2D eigenvalue weighted by molar-refractivity contribution is -0.139. The summed E-state index contributed by atoms with van der Waals surface area (Å²) in [6.07, 6.45) is 0. The molecule has 16 heavy (non-hydrogen) atoms. The number of thiazole rings is 1. The van der Waals surface area contributed by atoms with Gasteiger partial charge in [0.15, 0.2) is 5.13 Å². The summed E-state index contributed by atoms with van der Waals surface area (Å²) in [4.78, 5) is 15.1. The average molecular weight is 237 g/mol. The van der Waals surface area contributed by atoms with Gasteiger partial charge in [0, 0.05) is 0 Å². The molecule has 2 aromatic rings. The van der Waals surface area contributed by atoms with Crippen molar-refractivity contribution in [2.24, 2.45) is 0 Å². The number of aromatic nitrogens is 1. The summed E-state index contributed by atoms with van der Waals surface area (Å²) in [5.41, 5.74) is 7.08. The van der Waals surface area contributed by atoms with Gasteiger partial charge in [0.2, 0.25) is 0 Å². The first kappa shape index (κ1) is 10.8. The van der Waals surface area contributed by atoms with Crippen LogP contribution in [0, 0.1) is 0 Å². The zero-order chi connectivity index (χ0) is 11.7. The Kier molecular flexibility index (Phi) is 2.76. The first-order valence-corrected chi connectivity index (χ1v) is 5.49. The van der Waals surface area contributed by atoms with Crippen LogP contribution in [0.25, 0.3) is 10.2 Å². The highest BCUT2D eigenvalue weighted by Crippen LogP contribution is 2.26. The van der Waals surface area contributed by atoms with Crippen LogP contribution in [0.2, 0.25) is 0 Å². The van der Waals surface area contributed by atoms with E-state index in [-0.39, 0.29) is 0 Å². The van der Waals surface area contributed by atoms with Gasteiger partial charge in [0.1, 0.15) is 6.04 Å². The minimum atomic E-state index is -0.903. The molecule has 4 N–H and O–H groups in total. The number of nitrogen functional groups attached to an aromatic ring is 1. The van der Waals surface area contributed by atoms with Crippen LogP contribution in [-0.4, -0.2) is 23.1 Å². The quantitative estimate of drug-likeness (QED) is 0.747. The number of anilines is 1. The molecule has 1 aromatic carbocycles. The molecule has 0 fully saturated rings. The molecule has 0 bridgehead atoms. The summed E-state index contributed by atoms with van der Waals surface area (Å²) in [5, 5.41) is 12.2. The van der Waals surface area contributed by atoms with Crippen LogP contribution in [0.15, 0.2) is 18.2 Å². The lowest BCUT2D eigenvalue weighted by Gasteiger charge is -2.10. The van der Waals surface area contributed by atoms with E-state index in [1.54, 1.807) is 25.2 Å². The number of aliphatic carboxylic acids is 1. The van der Waals surface area contributed by atoms with E-state index in [0.29, 0.717) is 10.7 Å². The van der Waals surface area contributed by atoms with Crippen LogP contribution in [-0.2, 0) is 4.79 Å². The van der Waals surface area contributed by atoms with Gasteiger partial charge < -0.3 is 16.2 Å². The predicted octanol–water partition coefficient (Wildman–Crippen LogP) is 1.22. The number of hydrogen-bond acceptors (Lipinski definition) is 5. The molecule has 0 aliphatic heterocycles. The van der Waals surface area contributed by atoms with Gasteiger partial charge in [-0.1, -0.05) is 17.4 Å². The number of likely N-dealkylation sites (N-methyl/N-ethyl adjacent to an activating group) is 1. The van der Waals surface area contributed by atoms with Gasteiger partial charge in [-0.3, -0.25) is 4.79 Å². The summed E-state index contributed by atoms with van der Waals surface area (Å²) in [5.74, 6) is -0.903. The number of carboxylic acids is 1. The first-order valence-electron chi connectivity index (χ1n) is 4.68. The fourth-order valence-electron chi connectivity index (χ4n) is 1.57. The Bertz CT molecular complexity index is 538. The minimum absolute atomic E-state index is 0.489. The summed E-state index contributed by atoms with van der Waals surface area (Å²) in [6.45, 7) is 0. The van der Waals surface area contributed by atoms with Gasteiger partial charge in [-0.15, -0.1) is 0 Å². The monoisotopic (exact) mass is 237 g/mol. The summed E-state index contributed by atoms with van der Waals surface area (Å²) >= 11 is 1.35. The van der Waals surface area contributed by atoms with Crippen LogP contribution in [0.5, 0.6) is 0 Å². The zero-order valence-electron chi connectivity index (χ0n) is 8.60. The van der Waals surface area contributed by atoms with Crippen LogP contribution in [0.1, 0.15) is 11.6 Å². The van der Waals surface area contributed by atoms with E-state index in [2.05, 4.69) is 10.3 Å². The Labute approximate surface area is 95.9 Å². The van der Waals surface area contributed by atoms with Crippen molar-refractivity contribution in [3.8, 4) is 0 Å². The summed E-state index contributed by atoms with van der Waals surface area (Å²) < 4.78 is 0.900. The van der Waals surface area contributed by atoms with Crippen molar-refractivity contribution < 1.29 is 9.90 Å². The molecule has 0 saturated heterocycles. The molecule has 0 amide bonds. The molecule has 0 aliphatic rings. The van der Waals surface area contributed by atoms with E-state index in [4.69, 9.17) is 10.8 Å². The second-order valence-electron chi connectivity index (χ2n) is 3.34. The number of nitrogens with one attached hydrogen (secondary N) is 1. The van der Waals surface area contributed by atoms with Gasteiger partial charge in [0.05, 0.1) is 10.2 Å². The zero-order valence-corrected chi connectivity index (χ0v) is 9.41. The number of carbonyl (C=O) groups is 1. The molecular weight excluding hydrogens is 226 g/mol. The Hall–Kier alpha value is -1.66. The van der Waals surface area contributed by atoms with Crippen molar-refractivity contribution in [1.82, 2.24) is 10.3 Å². The van der Waals surface area contributed by atoms with E-state index >= 15 is 0 Å². The molecule has 1 unspecified atom stereocenters. The molecule has 1 atom stereocenters. The second-order valence-corrected chi connectivity index (χ2v) is 4.40. The van der Waals surface area contributed by atoms with Crippen molar-refractivity contribution in [3.63, 3.8) is 0 Å². The molecule has 84 valence electrons. The van der Waals surface area contributed by atoms with E-state index in [1.807, 2.05) is 0 Å². The number of hydrogen-bond donors (Lipinski definition) is 3. The second kappa shape index (κ2) is 4.07. The van der Waals surface area contributed by atoms with E-state index in [9.17, 15) is 4.79 Å². The van der Waals surface area contributed by atoms with Gasteiger partial charge in [-0.2, -0.15) is 0 Å². The molecule has 0 spiro atoms. The maximum absolute atomic E-state index is 11.0. The fourth-order valence-corrected chi connectivity index (χ4v) is 2.35. The molecule has 5 nitrogen and oxygen atoms in total. The van der Waals surface area contributed by atoms with E-state index in [1.165, 1.54) is 11.3 Å². The molecule has 2 rings (SSSR count). The molecular formula is C10H11N3O2S. The third-order valence-electron chi connectivity index (χ3n) is 2.30. The minimum Gasteiger partial charge on any atom is -0.480 e. The molecule has 1 aromatic heterocycles. The molecule has 0 radical (unpaired) electrons. The van der Waals surface area contributed by atoms with Crippen LogP contribution in [0.4, 0.5) is 5.13 Å². The van der Waals surface area contributed by atoms with Crippen LogP contribution in [0.3, 0.4) is 0 Å². The molecule has 6 heteroatoms. The maximum atomic E-state index is 11.0. The highest BCUT2D eigenvalue weighted by molar-refractivity contribution is 7.22. The predicted molar refractivity (Wildman–Crippen MR) is 63.5 cm³/mol. The third-order valence-corrected chi connectivity index (χ3v) is 3.15. The Balaban J connectivity index is 2.48. The maximum Gasteiger partial charge on any atom is 0.325 e. The topological polar surface area (TPSA) is 88.2 Å². The molecule has 0 saturated carbocycles. The number of fused-ring (bicyclic) bond motifs is 1. The number of nitrogens with two attached hydrogens (primary N) is 1. The highest BCUT2D eigenvalue weighted by Gasteiger charge is 2.17. The van der Waals surface area contributed by atoms with Crippen LogP contribution < -0.4 is 11.1 Å². The van der Waals surface area contributed by atoms with Crippen molar-refractivity contribution in [2.75, 3.05) is 12.8 Å². The van der Waals surface area contributed by atoms with E-state index < -0.39 is 12.0 Å². The third kappa shape index (κ3) is 1.84. The van der Waals surface area contributed by atoms with Crippen LogP contribution >= 0.6 is 11.3 Å². The van der Waals surface area contributed by atoms with Gasteiger partial charge in [-0.25, -0.2) is 4.98 Å². The number of carboxylic acid groups (broad SMARTS) is 1.